The molecule has 118 valence electrons. The summed E-state index contributed by atoms with van der Waals surface area (Å²) in [7, 11) is 0. The summed E-state index contributed by atoms with van der Waals surface area (Å²) in [5.74, 6) is -1.37. The second-order valence-electron chi connectivity index (χ2n) is 4.91. The first-order valence-electron chi connectivity index (χ1n) is 6.88. The normalized spacial score (nSPS) is 11.2. The molecule has 0 bridgehead atoms. The Hall–Kier alpha value is -3.15. The van der Waals surface area contributed by atoms with E-state index in [1.54, 1.807) is 13.0 Å². The summed E-state index contributed by atoms with van der Waals surface area (Å²) in [6.45, 7) is 3.69. The van der Waals surface area contributed by atoms with Gasteiger partial charge in [0.15, 0.2) is 5.76 Å². The monoisotopic (exact) mass is 312 g/mol. The van der Waals surface area contributed by atoms with E-state index in [1.807, 2.05) is 37.3 Å². The maximum Gasteiger partial charge on any atom is 0.328 e. The van der Waals surface area contributed by atoms with Crippen LogP contribution in [0.5, 0.6) is 0 Å². The van der Waals surface area contributed by atoms with Crippen molar-refractivity contribution in [1.82, 2.24) is 5.16 Å². The Morgan fingerprint density at radius 3 is 2.48 bits per heavy atom. The van der Waals surface area contributed by atoms with Crippen molar-refractivity contribution in [3.05, 3.63) is 59.0 Å². The highest BCUT2D eigenvalue weighted by molar-refractivity contribution is 6.03. The van der Waals surface area contributed by atoms with E-state index >= 15 is 0 Å². The topological polar surface area (TPSA) is 92.4 Å². The van der Waals surface area contributed by atoms with Crippen LogP contribution in [0.25, 0.3) is 12.2 Å². The number of aryl methyl sites for hydroxylation is 2. The van der Waals surface area contributed by atoms with Crippen molar-refractivity contribution in [2.75, 3.05) is 5.32 Å². The minimum atomic E-state index is -1.19. The van der Waals surface area contributed by atoms with Gasteiger partial charge in [-0.3, -0.25) is 4.79 Å². The molecule has 2 aromatic rings. The summed E-state index contributed by atoms with van der Waals surface area (Å²) in [5, 5.41) is 14.9. The van der Waals surface area contributed by atoms with Gasteiger partial charge in [0, 0.05) is 12.2 Å². The third-order valence-corrected chi connectivity index (χ3v) is 3.02. The Balaban J connectivity index is 2.16. The van der Waals surface area contributed by atoms with Gasteiger partial charge in [-0.2, -0.15) is 0 Å². The average Bonchev–Trinajstić information content (AvgIpc) is 2.85. The molecule has 0 saturated heterocycles. The van der Waals surface area contributed by atoms with Crippen molar-refractivity contribution in [1.29, 1.82) is 0 Å². The number of rotatable bonds is 5. The molecule has 1 aromatic heterocycles. The highest BCUT2D eigenvalue weighted by atomic mass is 16.5. The van der Waals surface area contributed by atoms with Gasteiger partial charge < -0.3 is 14.9 Å². The first-order valence-corrected chi connectivity index (χ1v) is 6.88. The molecule has 2 rings (SSSR count). The van der Waals surface area contributed by atoms with Crippen LogP contribution >= 0.6 is 0 Å². The number of aliphatic carboxylic acids is 1. The van der Waals surface area contributed by atoms with Gasteiger partial charge in [0.2, 0.25) is 5.91 Å². The van der Waals surface area contributed by atoms with Crippen LogP contribution in [0.3, 0.4) is 0 Å². The van der Waals surface area contributed by atoms with Gasteiger partial charge in [-0.1, -0.05) is 41.1 Å². The molecule has 1 heterocycles. The molecule has 0 unspecified atom stereocenters. The fourth-order valence-corrected chi connectivity index (χ4v) is 1.81. The van der Waals surface area contributed by atoms with Gasteiger partial charge >= 0.3 is 5.97 Å². The fourth-order valence-electron chi connectivity index (χ4n) is 1.81. The number of hydrogen-bond donors (Lipinski definition) is 2. The number of nitrogens with zero attached hydrogens (tertiary/aromatic N) is 1. The summed E-state index contributed by atoms with van der Waals surface area (Å²) in [4.78, 5) is 22.1. The molecular weight excluding hydrogens is 296 g/mol. The predicted octanol–water partition coefficient (Wildman–Crippen LogP) is 3.04. The van der Waals surface area contributed by atoms with Crippen LogP contribution in [0, 0.1) is 13.8 Å². The SMILES string of the molecule is Cc1ccc(/C=C/c2onc(C)c2NC(=O)/C=C\C(=O)O)cc1. The molecule has 6 nitrogen and oxygen atoms in total. The molecule has 6 heteroatoms. The number of nitrogens with one attached hydrogen (secondary N) is 1. The molecule has 0 aliphatic rings. The second-order valence-corrected chi connectivity index (χ2v) is 4.91. The van der Waals surface area contributed by atoms with Crippen LogP contribution in [0.4, 0.5) is 5.69 Å². The Bertz CT molecular complexity index is 770. The van der Waals surface area contributed by atoms with Crippen LogP contribution in [-0.2, 0) is 9.59 Å². The highest BCUT2D eigenvalue weighted by Crippen LogP contribution is 2.22. The van der Waals surface area contributed by atoms with E-state index in [-0.39, 0.29) is 0 Å². The Morgan fingerprint density at radius 2 is 1.83 bits per heavy atom. The van der Waals surface area contributed by atoms with E-state index in [0.717, 1.165) is 23.3 Å². The molecule has 0 aliphatic heterocycles. The largest absolute Gasteiger partial charge is 0.478 e. The predicted molar refractivity (Wildman–Crippen MR) is 86.8 cm³/mol. The van der Waals surface area contributed by atoms with Gasteiger partial charge in [0.1, 0.15) is 11.4 Å². The quantitative estimate of drug-likeness (QED) is 0.828. The number of amides is 1. The van der Waals surface area contributed by atoms with Gasteiger partial charge in [-0.15, -0.1) is 0 Å². The van der Waals surface area contributed by atoms with Crippen molar-refractivity contribution in [3.63, 3.8) is 0 Å². The standard InChI is InChI=1S/C17H16N2O4/c1-11-3-5-13(6-4-11)7-8-14-17(12(2)19-23-14)18-15(20)9-10-16(21)22/h3-10H,1-2H3,(H,18,20)(H,21,22)/b8-7+,10-9-. The van der Waals surface area contributed by atoms with Crippen LogP contribution in [-0.4, -0.2) is 22.1 Å². The van der Waals surface area contributed by atoms with E-state index in [4.69, 9.17) is 9.63 Å². The Kier molecular flexibility index (Phi) is 5.09. The highest BCUT2D eigenvalue weighted by Gasteiger charge is 2.12. The Morgan fingerprint density at radius 1 is 1.13 bits per heavy atom. The number of aromatic nitrogens is 1. The van der Waals surface area contributed by atoms with Gasteiger partial charge in [-0.05, 0) is 25.5 Å². The lowest BCUT2D eigenvalue weighted by atomic mass is 10.1. The van der Waals surface area contributed by atoms with E-state index < -0.39 is 11.9 Å². The maximum absolute atomic E-state index is 11.7. The molecule has 1 amide bonds. The lowest BCUT2D eigenvalue weighted by Gasteiger charge is -2.00. The lowest BCUT2D eigenvalue weighted by molar-refractivity contribution is -0.131. The van der Waals surface area contributed by atoms with Crippen molar-refractivity contribution >= 4 is 29.7 Å². The number of hydrogen-bond acceptors (Lipinski definition) is 4. The summed E-state index contributed by atoms with van der Waals surface area (Å²) in [6.07, 6.45) is 5.23. The second kappa shape index (κ2) is 7.22. The average molecular weight is 312 g/mol. The zero-order valence-corrected chi connectivity index (χ0v) is 12.7. The number of benzene rings is 1. The van der Waals surface area contributed by atoms with Gasteiger partial charge in [-0.25, -0.2) is 4.79 Å². The summed E-state index contributed by atoms with van der Waals surface area (Å²) < 4.78 is 5.18. The molecule has 0 radical (unpaired) electrons. The number of carbonyl (C=O) groups excluding carboxylic acids is 1. The molecule has 2 N–H and O–H groups in total. The third-order valence-electron chi connectivity index (χ3n) is 3.02. The van der Waals surface area contributed by atoms with Crippen LogP contribution in [0.15, 0.2) is 40.9 Å². The van der Waals surface area contributed by atoms with E-state index in [2.05, 4.69) is 10.5 Å². The summed E-state index contributed by atoms with van der Waals surface area (Å²) in [5.41, 5.74) is 3.06. The van der Waals surface area contributed by atoms with Gasteiger partial charge in [0.05, 0.1) is 0 Å². The zero-order chi connectivity index (χ0) is 16.8. The Labute approximate surface area is 133 Å². The summed E-state index contributed by atoms with van der Waals surface area (Å²) >= 11 is 0. The van der Waals surface area contributed by atoms with E-state index in [9.17, 15) is 9.59 Å². The molecular formula is C17H16N2O4. The number of carboxylic acids is 1. The van der Waals surface area contributed by atoms with Crippen LogP contribution in [0.2, 0.25) is 0 Å². The molecule has 0 atom stereocenters. The first-order chi connectivity index (χ1) is 11.0. The molecule has 0 spiro atoms. The summed E-state index contributed by atoms with van der Waals surface area (Å²) in [6, 6.07) is 7.90. The minimum absolute atomic E-state index is 0.389. The maximum atomic E-state index is 11.7. The van der Waals surface area contributed by atoms with Gasteiger partial charge in [0.25, 0.3) is 0 Å². The zero-order valence-electron chi connectivity index (χ0n) is 12.7. The van der Waals surface area contributed by atoms with Crippen LogP contribution < -0.4 is 5.32 Å². The minimum Gasteiger partial charge on any atom is -0.478 e. The van der Waals surface area contributed by atoms with E-state index in [1.165, 1.54) is 0 Å². The molecule has 0 aliphatic carbocycles. The van der Waals surface area contributed by atoms with Crippen LogP contribution in [0.1, 0.15) is 22.6 Å². The lowest BCUT2D eigenvalue weighted by Crippen LogP contribution is -2.09. The molecule has 1 aromatic carbocycles. The van der Waals surface area contributed by atoms with Crippen molar-refractivity contribution < 1.29 is 19.2 Å². The molecule has 0 saturated carbocycles. The number of carbonyl (C=O) groups is 2. The van der Waals surface area contributed by atoms with E-state index in [0.29, 0.717) is 17.1 Å². The smallest absolute Gasteiger partial charge is 0.328 e. The van der Waals surface area contributed by atoms with Crippen molar-refractivity contribution in [2.24, 2.45) is 0 Å². The molecule has 23 heavy (non-hydrogen) atoms. The number of carboxylic acid groups (broad SMARTS) is 1. The van der Waals surface area contributed by atoms with Crippen molar-refractivity contribution in [2.45, 2.75) is 13.8 Å². The first kappa shape index (κ1) is 16.2. The molecule has 0 fully saturated rings. The number of anilines is 1. The third kappa shape index (κ3) is 4.67. The van der Waals surface area contributed by atoms with Crippen molar-refractivity contribution in [3.8, 4) is 0 Å². The fraction of sp³-hybridized carbons (Fsp3) is 0.118.